The highest BCUT2D eigenvalue weighted by Gasteiger charge is 2.32. The highest BCUT2D eigenvalue weighted by Crippen LogP contribution is 2.28. The molecular formula is C11H14F3N3O3S. The maximum atomic E-state index is 12.3. The van der Waals surface area contributed by atoms with E-state index in [0.717, 1.165) is 13.1 Å². The van der Waals surface area contributed by atoms with Crippen molar-refractivity contribution in [1.82, 2.24) is 15.3 Å². The number of hydrogen-bond acceptors (Lipinski definition) is 6. The number of piperidine rings is 1. The van der Waals surface area contributed by atoms with Gasteiger partial charge in [-0.3, -0.25) is 0 Å². The van der Waals surface area contributed by atoms with E-state index < -0.39 is 27.9 Å². The van der Waals surface area contributed by atoms with E-state index in [0.29, 0.717) is 25.2 Å². The van der Waals surface area contributed by atoms with Gasteiger partial charge in [0.05, 0.1) is 11.3 Å². The smallest absolute Gasteiger partial charge is 0.343 e. The van der Waals surface area contributed by atoms with Gasteiger partial charge in [-0.05, 0) is 31.8 Å². The van der Waals surface area contributed by atoms with E-state index in [-0.39, 0.29) is 11.7 Å². The number of halogens is 3. The first kappa shape index (κ1) is 16.0. The lowest BCUT2D eigenvalue weighted by atomic mass is 10.0. The van der Waals surface area contributed by atoms with Crippen LogP contribution in [0.1, 0.15) is 18.4 Å². The molecule has 10 heteroatoms. The van der Waals surface area contributed by atoms with Crippen LogP contribution in [-0.2, 0) is 16.3 Å². The molecule has 1 aromatic heterocycles. The maximum Gasteiger partial charge on any atom is 0.419 e. The normalized spacial score (nSPS) is 17.7. The van der Waals surface area contributed by atoms with Gasteiger partial charge in [-0.2, -0.15) is 21.6 Å². The quantitative estimate of drug-likeness (QED) is 0.838. The summed E-state index contributed by atoms with van der Waals surface area (Å²) >= 11 is 0. The van der Waals surface area contributed by atoms with Crippen LogP contribution in [0.3, 0.4) is 0 Å². The number of aromatic nitrogens is 2. The van der Waals surface area contributed by atoms with Gasteiger partial charge in [0.25, 0.3) is 0 Å². The summed E-state index contributed by atoms with van der Waals surface area (Å²) in [5, 5.41) is 3.10. The third-order valence-electron chi connectivity index (χ3n) is 3.06. The zero-order chi connectivity index (χ0) is 15.5. The highest BCUT2D eigenvalue weighted by atomic mass is 32.2. The Balaban J connectivity index is 1.99. The second-order valence-corrected chi connectivity index (χ2v) is 6.37. The third kappa shape index (κ3) is 4.81. The van der Waals surface area contributed by atoms with E-state index in [4.69, 9.17) is 0 Å². The summed E-state index contributed by atoms with van der Waals surface area (Å²) in [4.78, 5) is 6.56. The van der Waals surface area contributed by atoms with Gasteiger partial charge in [0, 0.05) is 12.4 Å². The molecule has 0 aliphatic carbocycles. The van der Waals surface area contributed by atoms with E-state index in [2.05, 4.69) is 19.5 Å². The van der Waals surface area contributed by atoms with Gasteiger partial charge in [0.1, 0.15) is 0 Å². The molecule has 0 saturated carbocycles. The molecule has 0 atom stereocenters. The minimum atomic E-state index is -4.58. The fourth-order valence-corrected chi connectivity index (χ4v) is 3.28. The van der Waals surface area contributed by atoms with Crippen LogP contribution in [0.5, 0.6) is 6.01 Å². The van der Waals surface area contributed by atoms with Crippen LogP contribution < -0.4 is 9.50 Å². The molecule has 1 N–H and O–H groups in total. The summed E-state index contributed by atoms with van der Waals surface area (Å²) in [6.07, 6.45) is -2.19. The molecule has 0 spiro atoms. The van der Waals surface area contributed by atoms with Crippen LogP contribution in [0.25, 0.3) is 0 Å². The molecule has 1 aliphatic heterocycles. The van der Waals surface area contributed by atoms with Crippen LogP contribution in [-0.4, -0.2) is 37.2 Å². The van der Waals surface area contributed by atoms with Crippen molar-refractivity contribution < 1.29 is 25.8 Å². The van der Waals surface area contributed by atoms with E-state index in [1.165, 1.54) is 0 Å². The molecule has 0 unspecified atom stereocenters. The molecule has 1 aromatic rings. The summed E-state index contributed by atoms with van der Waals surface area (Å²) in [5.41, 5.74) is -1.06. The Labute approximate surface area is 119 Å². The zero-order valence-electron chi connectivity index (χ0n) is 10.9. The van der Waals surface area contributed by atoms with Gasteiger partial charge < -0.3 is 9.50 Å². The van der Waals surface area contributed by atoms with E-state index in [1.54, 1.807) is 0 Å². The van der Waals surface area contributed by atoms with Gasteiger partial charge in [-0.1, -0.05) is 0 Å². The summed E-state index contributed by atoms with van der Waals surface area (Å²) in [6.45, 7) is 1.47. The highest BCUT2D eigenvalue weighted by molar-refractivity contribution is 7.87. The molecule has 2 rings (SSSR count). The number of alkyl halides is 3. The van der Waals surface area contributed by atoms with Crippen molar-refractivity contribution in [2.75, 3.05) is 18.8 Å². The lowest BCUT2D eigenvalue weighted by molar-refractivity contribution is -0.138. The topological polar surface area (TPSA) is 81.2 Å². The van der Waals surface area contributed by atoms with E-state index in [1.807, 2.05) is 0 Å². The summed E-state index contributed by atoms with van der Waals surface area (Å²) in [6, 6.07) is -0.600. The second kappa shape index (κ2) is 6.14. The van der Waals surface area contributed by atoms with E-state index in [9.17, 15) is 21.6 Å². The zero-order valence-corrected chi connectivity index (χ0v) is 11.7. The van der Waals surface area contributed by atoms with Crippen molar-refractivity contribution in [1.29, 1.82) is 0 Å². The molecule has 21 heavy (non-hydrogen) atoms. The monoisotopic (exact) mass is 325 g/mol. The molecule has 0 radical (unpaired) electrons. The molecule has 0 bridgehead atoms. The third-order valence-corrected chi connectivity index (χ3v) is 4.34. The average molecular weight is 325 g/mol. The summed E-state index contributed by atoms with van der Waals surface area (Å²) in [7, 11) is -3.92. The maximum absolute atomic E-state index is 12.3. The Morgan fingerprint density at radius 2 is 1.81 bits per heavy atom. The summed E-state index contributed by atoms with van der Waals surface area (Å²) in [5.74, 6) is -0.232. The SMILES string of the molecule is O=S(=O)(CC1CCNCC1)Oc1ncc(C(F)(F)F)cn1. The largest absolute Gasteiger partial charge is 0.419 e. The minimum Gasteiger partial charge on any atom is -0.343 e. The Morgan fingerprint density at radius 1 is 1.24 bits per heavy atom. The molecule has 1 aliphatic rings. The van der Waals surface area contributed by atoms with Crippen LogP contribution in [0.4, 0.5) is 13.2 Å². The van der Waals surface area contributed by atoms with Gasteiger partial charge in [0.2, 0.25) is 0 Å². The molecule has 6 nitrogen and oxygen atoms in total. The second-order valence-electron chi connectivity index (χ2n) is 4.75. The first-order valence-corrected chi connectivity index (χ1v) is 7.86. The van der Waals surface area contributed by atoms with Crippen molar-refractivity contribution in [3.63, 3.8) is 0 Å². The molecule has 1 fully saturated rings. The molecule has 0 aromatic carbocycles. The number of nitrogens with zero attached hydrogens (tertiary/aromatic N) is 2. The molecule has 0 amide bonds. The Hall–Kier alpha value is -1.42. The predicted molar refractivity (Wildman–Crippen MR) is 67.0 cm³/mol. The standard InChI is InChI=1S/C11H14F3N3O3S/c12-11(13,14)9-5-16-10(17-6-9)20-21(18,19)7-8-1-3-15-4-2-8/h5-6,8,15H,1-4,7H2. The molecule has 2 heterocycles. The Morgan fingerprint density at radius 3 is 2.33 bits per heavy atom. The van der Waals surface area contributed by atoms with Gasteiger partial charge in [-0.15, -0.1) is 0 Å². The number of rotatable bonds is 4. The first-order valence-electron chi connectivity index (χ1n) is 6.28. The van der Waals surface area contributed by atoms with Crippen LogP contribution in [0.2, 0.25) is 0 Å². The van der Waals surface area contributed by atoms with Gasteiger partial charge in [-0.25, -0.2) is 9.97 Å². The first-order chi connectivity index (χ1) is 9.76. The Bertz CT molecular complexity index is 569. The lowest BCUT2D eigenvalue weighted by Crippen LogP contribution is -2.32. The van der Waals surface area contributed by atoms with Crippen molar-refractivity contribution >= 4 is 10.1 Å². The van der Waals surface area contributed by atoms with Crippen LogP contribution in [0, 0.1) is 5.92 Å². The van der Waals surface area contributed by atoms with Crippen molar-refractivity contribution in [2.24, 2.45) is 5.92 Å². The molecular weight excluding hydrogens is 311 g/mol. The predicted octanol–water partition coefficient (Wildman–Crippen LogP) is 1.20. The van der Waals surface area contributed by atoms with Crippen molar-refractivity contribution in [3.05, 3.63) is 18.0 Å². The van der Waals surface area contributed by atoms with Crippen LogP contribution in [0.15, 0.2) is 12.4 Å². The molecule has 1 saturated heterocycles. The summed E-state index contributed by atoms with van der Waals surface area (Å²) < 4.78 is 65.2. The van der Waals surface area contributed by atoms with E-state index >= 15 is 0 Å². The lowest BCUT2D eigenvalue weighted by Gasteiger charge is -2.21. The van der Waals surface area contributed by atoms with Crippen LogP contribution >= 0.6 is 0 Å². The van der Waals surface area contributed by atoms with Gasteiger partial charge in [0.15, 0.2) is 0 Å². The number of nitrogens with one attached hydrogen (secondary N) is 1. The van der Waals surface area contributed by atoms with Gasteiger partial charge >= 0.3 is 22.3 Å². The fraction of sp³-hybridized carbons (Fsp3) is 0.636. The van der Waals surface area contributed by atoms with Crippen molar-refractivity contribution in [3.8, 4) is 6.01 Å². The molecule has 118 valence electrons. The number of hydrogen-bond donors (Lipinski definition) is 1. The average Bonchev–Trinajstić information content (AvgIpc) is 2.38. The Kier molecular flexibility index (Phi) is 4.67. The van der Waals surface area contributed by atoms with Crippen molar-refractivity contribution in [2.45, 2.75) is 19.0 Å². The fourth-order valence-electron chi connectivity index (χ4n) is 1.99. The minimum absolute atomic E-state index is 0.0364.